The van der Waals surface area contributed by atoms with Gasteiger partial charge in [-0.1, -0.05) is 48.5 Å². The number of nitrogens with zero attached hydrogens (tertiary/aromatic N) is 5. The van der Waals surface area contributed by atoms with Gasteiger partial charge in [-0.3, -0.25) is 14.0 Å². The van der Waals surface area contributed by atoms with Gasteiger partial charge in [0.05, 0.1) is 12.1 Å². The van der Waals surface area contributed by atoms with Crippen LogP contribution in [0.25, 0.3) is 16.8 Å². The maximum Gasteiger partial charge on any atom is 0.419 e. The van der Waals surface area contributed by atoms with Crippen molar-refractivity contribution in [2.24, 2.45) is 0 Å². The summed E-state index contributed by atoms with van der Waals surface area (Å²) >= 11 is 1.68. The maximum absolute atomic E-state index is 12.2. The lowest BCUT2D eigenvalue weighted by molar-refractivity contribution is 0.214. The van der Waals surface area contributed by atoms with E-state index in [1.807, 2.05) is 42.5 Å². The molecule has 3 heterocycles. The summed E-state index contributed by atoms with van der Waals surface area (Å²) in [7, 11) is 0. The van der Waals surface area contributed by atoms with Crippen LogP contribution in [0.4, 0.5) is 0 Å². The van der Waals surface area contributed by atoms with E-state index in [0.717, 1.165) is 54.0 Å². The number of benzene rings is 2. The smallest absolute Gasteiger partial charge is 0.408 e. The van der Waals surface area contributed by atoms with Crippen molar-refractivity contribution in [2.75, 3.05) is 18.8 Å². The van der Waals surface area contributed by atoms with Crippen LogP contribution in [0.2, 0.25) is 0 Å². The van der Waals surface area contributed by atoms with E-state index in [1.54, 1.807) is 16.3 Å². The Morgan fingerprint density at radius 1 is 0.938 bits per heavy atom. The zero-order chi connectivity index (χ0) is 21.8. The second-order valence-electron chi connectivity index (χ2n) is 8.10. The summed E-state index contributed by atoms with van der Waals surface area (Å²) in [5.41, 5.74) is 2.57. The summed E-state index contributed by atoms with van der Waals surface area (Å²) in [6.07, 6.45) is 4.65. The minimum absolute atomic E-state index is 0.299. The lowest BCUT2D eigenvalue weighted by Crippen LogP contribution is -2.30. The summed E-state index contributed by atoms with van der Waals surface area (Å²) in [4.78, 5) is 14.7. The lowest BCUT2D eigenvalue weighted by Gasteiger charge is -2.26. The Kier molecular flexibility index (Phi) is 6.41. The molecule has 7 nitrogen and oxygen atoms in total. The molecule has 0 amide bonds. The molecule has 0 unspecified atom stereocenters. The van der Waals surface area contributed by atoms with E-state index in [4.69, 9.17) is 4.42 Å². The number of aromatic nitrogens is 4. The van der Waals surface area contributed by atoms with Crippen LogP contribution in [-0.4, -0.2) is 43.1 Å². The highest BCUT2D eigenvalue weighted by molar-refractivity contribution is 7.99. The average molecular weight is 450 g/mol. The number of aryl methyl sites for hydroxylation is 1. The number of oxazole rings is 1. The van der Waals surface area contributed by atoms with Gasteiger partial charge in [-0.05, 0) is 56.6 Å². The van der Waals surface area contributed by atoms with Crippen molar-refractivity contribution in [3.8, 4) is 5.69 Å². The molecule has 2 aromatic carbocycles. The molecule has 1 saturated heterocycles. The average Bonchev–Trinajstić information content (AvgIpc) is 3.37. The maximum atomic E-state index is 12.2. The number of likely N-dealkylation sites (tertiary alicyclic amines) is 1. The molecule has 0 aliphatic carbocycles. The number of hydrogen-bond acceptors (Lipinski definition) is 6. The summed E-state index contributed by atoms with van der Waals surface area (Å²) in [6, 6.07) is 17.9. The summed E-state index contributed by atoms with van der Waals surface area (Å²) in [5.74, 6) is 1.52. The zero-order valence-corrected chi connectivity index (χ0v) is 18.8. The van der Waals surface area contributed by atoms with Crippen LogP contribution in [0, 0.1) is 0 Å². The van der Waals surface area contributed by atoms with Gasteiger partial charge in [0, 0.05) is 18.0 Å². The van der Waals surface area contributed by atoms with Crippen molar-refractivity contribution >= 4 is 22.9 Å². The van der Waals surface area contributed by atoms with Gasteiger partial charge in [-0.25, -0.2) is 4.79 Å². The normalized spacial score (nSPS) is 14.9. The number of thioether (sulfide) groups is 1. The monoisotopic (exact) mass is 449 g/mol. The fourth-order valence-corrected chi connectivity index (χ4v) is 5.16. The summed E-state index contributed by atoms with van der Waals surface area (Å²) in [6.45, 7) is 3.68. The molecule has 1 aliphatic rings. The Balaban J connectivity index is 1.29. The van der Waals surface area contributed by atoms with Crippen LogP contribution in [0.3, 0.4) is 0 Å². The molecular weight excluding hydrogens is 422 g/mol. The van der Waals surface area contributed by atoms with Gasteiger partial charge in [0.1, 0.15) is 0 Å². The Labute approximate surface area is 191 Å². The van der Waals surface area contributed by atoms with E-state index in [2.05, 4.69) is 31.8 Å². The molecule has 1 fully saturated rings. The van der Waals surface area contributed by atoms with Gasteiger partial charge in [0.25, 0.3) is 0 Å². The van der Waals surface area contributed by atoms with Crippen molar-refractivity contribution in [3.63, 3.8) is 0 Å². The van der Waals surface area contributed by atoms with Crippen LogP contribution in [0.5, 0.6) is 0 Å². The van der Waals surface area contributed by atoms with Crippen molar-refractivity contribution in [1.82, 2.24) is 24.2 Å². The first-order valence-electron chi connectivity index (χ1n) is 11.2. The zero-order valence-electron chi connectivity index (χ0n) is 18.0. The predicted molar refractivity (Wildman–Crippen MR) is 126 cm³/mol. The number of para-hydroxylation sites is 3. The van der Waals surface area contributed by atoms with E-state index in [9.17, 15) is 4.79 Å². The fourth-order valence-electron chi connectivity index (χ4n) is 4.26. The highest BCUT2D eigenvalue weighted by atomic mass is 32.2. The SMILES string of the molecule is O=c1oc2ccccc2n1CCCSc1nnc(CN2CCCCC2)n1-c1ccccc1. The predicted octanol–water partition coefficient (Wildman–Crippen LogP) is 4.34. The largest absolute Gasteiger partial charge is 0.419 e. The van der Waals surface area contributed by atoms with Crippen LogP contribution in [-0.2, 0) is 13.1 Å². The van der Waals surface area contributed by atoms with Gasteiger partial charge in [0.2, 0.25) is 0 Å². The van der Waals surface area contributed by atoms with Gasteiger partial charge >= 0.3 is 5.76 Å². The Morgan fingerprint density at radius 3 is 2.56 bits per heavy atom. The minimum Gasteiger partial charge on any atom is -0.408 e. The van der Waals surface area contributed by atoms with Gasteiger partial charge in [-0.15, -0.1) is 10.2 Å². The Morgan fingerprint density at radius 2 is 1.72 bits per heavy atom. The molecule has 4 aromatic rings. The van der Waals surface area contributed by atoms with Crippen LogP contribution >= 0.6 is 11.8 Å². The van der Waals surface area contributed by atoms with Crippen LogP contribution in [0.1, 0.15) is 31.5 Å². The van der Waals surface area contributed by atoms with Gasteiger partial charge < -0.3 is 4.42 Å². The molecule has 0 saturated carbocycles. The topological polar surface area (TPSA) is 69.1 Å². The number of fused-ring (bicyclic) bond motifs is 1. The van der Waals surface area contributed by atoms with E-state index in [0.29, 0.717) is 12.1 Å². The lowest BCUT2D eigenvalue weighted by atomic mass is 10.1. The molecule has 0 spiro atoms. The van der Waals surface area contributed by atoms with Gasteiger partial charge in [-0.2, -0.15) is 0 Å². The minimum atomic E-state index is -0.299. The summed E-state index contributed by atoms with van der Waals surface area (Å²) < 4.78 is 9.22. The van der Waals surface area contributed by atoms with Crippen molar-refractivity contribution in [1.29, 1.82) is 0 Å². The van der Waals surface area contributed by atoms with Crippen molar-refractivity contribution < 1.29 is 4.42 Å². The van der Waals surface area contributed by atoms with Crippen LogP contribution < -0.4 is 5.76 Å². The van der Waals surface area contributed by atoms with E-state index in [-0.39, 0.29) is 5.76 Å². The molecule has 2 aromatic heterocycles. The van der Waals surface area contributed by atoms with E-state index < -0.39 is 0 Å². The first kappa shape index (κ1) is 21.0. The third-order valence-electron chi connectivity index (χ3n) is 5.86. The first-order valence-corrected chi connectivity index (χ1v) is 12.2. The third-order valence-corrected chi connectivity index (χ3v) is 6.87. The van der Waals surface area contributed by atoms with Crippen molar-refractivity contribution in [3.05, 3.63) is 71.0 Å². The molecule has 0 N–H and O–H groups in total. The highest BCUT2D eigenvalue weighted by Gasteiger charge is 2.18. The Bertz CT molecular complexity index is 1220. The number of hydrogen-bond donors (Lipinski definition) is 0. The summed E-state index contributed by atoms with van der Waals surface area (Å²) in [5, 5.41) is 9.97. The fraction of sp³-hybridized carbons (Fsp3) is 0.375. The van der Waals surface area contributed by atoms with E-state index in [1.165, 1.54) is 19.3 Å². The number of rotatable bonds is 8. The molecule has 0 radical (unpaired) electrons. The Hall–Kier alpha value is -2.84. The molecule has 1 aliphatic heterocycles. The molecule has 0 atom stereocenters. The molecule has 32 heavy (non-hydrogen) atoms. The second-order valence-corrected chi connectivity index (χ2v) is 9.16. The standard InChI is InChI=1S/C24H27N5O2S/c30-24-28(20-12-5-6-13-21(20)31-24)16-9-17-32-23-26-25-22(18-27-14-7-2-8-15-27)29(23)19-10-3-1-4-11-19/h1,3-6,10-13H,2,7-9,14-18H2. The molecule has 5 rings (SSSR count). The number of piperidine rings is 1. The molecule has 8 heteroatoms. The first-order chi connectivity index (χ1) is 15.8. The quantitative estimate of drug-likeness (QED) is 0.294. The molecular formula is C24H27N5O2S. The van der Waals surface area contributed by atoms with Crippen molar-refractivity contribution in [2.45, 2.75) is 43.9 Å². The third kappa shape index (κ3) is 4.52. The van der Waals surface area contributed by atoms with Crippen LogP contribution in [0.15, 0.2) is 69.0 Å². The van der Waals surface area contributed by atoms with E-state index >= 15 is 0 Å². The second kappa shape index (κ2) is 9.75. The molecule has 166 valence electrons. The van der Waals surface area contributed by atoms with Gasteiger partial charge in [0.15, 0.2) is 16.6 Å². The molecule has 0 bridgehead atoms. The highest BCUT2D eigenvalue weighted by Crippen LogP contribution is 2.24.